The van der Waals surface area contributed by atoms with Gasteiger partial charge in [0.25, 0.3) is 0 Å². The number of aromatic amines is 1. The molecule has 2 fully saturated rings. The van der Waals surface area contributed by atoms with Crippen molar-refractivity contribution in [2.45, 2.75) is 58.4 Å². The van der Waals surface area contributed by atoms with Gasteiger partial charge in [-0.05, 0) is 41.7 Å². The number of carbonyl (C=O) groups is 2. The number of amides is 1. The second-order valence-electron chi connectivity index (χ2n) is 9.63. The Hall–Kier alpha value is -3.81. The van der Waals surface area contributed by atoms with E-state index in [9.17, 15) is 9.59 Å². The number of ether oxygens (including phenoxy) is 1. The average Bonchev–Trinajstić information content (AvgIpc) is 3.43. The lowest BCUT2D eigenvalue weighted by Gasteiger charge is -2.26. The Morgan fingerprint density at radius 3 is 2.44 bits per heavy atom. The second kappa shape index (κ2) is 10.4. The van der Waals surface area contributed by atoms with Crippen LogP contribution in [0.15, 0.2) is 60.3 Å². The molecule has 0 unspecified atom stereocenters. The minimum atomic E-state index is -0.391. The van der Waals surface area contributed by atoms with E-state index in [0.717, 1.165) is 53.6 Å². The van der Waals surface area contributed by atoms with Crippen LogP contribution >= 0.6 is 0 Å². The van der Waals surface area contributed by atoms with E-state index in [0.29, 0.717) is 25.4 Å². The molecule has 8 nitrogen and oxygen atoms in total. The highest BCUT2D eigenvalue weighted by atomic mass is 16.5. The van der Waals surface area contributed by atoms with Crippen molar-refractivity contribution in [3.63, 3.8) is 0 Å². The van der Waals surface area contributed by atoms with Crippen LogP contribution in [0.1, 0.15) is 57.4 Å². The van der Waals surface area contributed by atoms with E-state index in [1.165, 1.54) is 18.9 Å². The Labute approximate surface area is 210 Å². The molecule has 3 aromatic rings. The number of tetrazole rings is 1. The summed E-state index contributed by atoms with van der Waals surface area (Å²) < 4.78 is 5.17. The predicted molar refractivity (Wildman–Crippen MR) is 135 cm³/mol. The molecular weight excluding hydrogens is 454 g/mol. The van der Waals surface area contributed by atoms with Crippen LogP contribution in [-0.4, -0.2) is 44.0 Å². The third-order valence-corrected chi connectivity index (χ3v) is 7.32. The lowest BCUT2D eigenvalue weighted by Crippen LogP contribution is -2.33. The summed E-state index contributed by atoms with van der Waals surface area (Å²) in [6.45, 7) is 2.53. The maximum atomic E-state index is 13.8. The van der Waals surface area contributed by atoms with Crippen LogP contribution in [0, 0.1) is 5.41 Å². The van der Waals surface area contributed by atoms with Crippen molar-refractivity contribution in [2.75, 3.05) is 6.61 Å². The van der Waals surface area contributed by atoms with E-state index >= 15 is 0 Å². The van der Waals surface area contributed by atoms with Crippen LogP contribution in [0.4, 0.5) is 0 Å². The molecule has 1 saturated heterocycles. The van der Waals surface area contributed by atoms with Crippen LogP contribution in [0.2, 0.25) is 0 Å². The Bertz CT molecular complexity index is 1240. The number of rotatable bonds is 6. The number of esters is 1. The molecule has 36 heavy (non-hydrogen) atoms. The normalized spacial score (nSPS) is 18.5. The molecule has 1 aliphatic carbocycles. The number of hydrogen-bond acceptors (Lipinski definition) is 6. The Kier molecular flexibility index (Phi) is 6.93. The largest absolute Gasteiger partial charge is 0.463 e. The molecule has 2 aromatic carbocycles. The topological polar surface area (TPSA) is 101 Å². The molecule has 186 valence electrons. The van der Waals surface area contributed by atoms with Crippen LogP contribution in [0.25, 0.3) is 22.5 Å². The summed E-state index contributed by atoms with van der Waals surface area (Å²) in [6.07, 6.45) is 8.35. The van der Waals surface area contributed by atoms with Gasteiger partial charge in [-0.3, -0.25) is 4.79 Å². The van der Waals surface area contributed by atoms with Gasteiger partial charge in [0.05, 0.1) is 18.6 Å². The van der Waals surface area contributed by atoms with Crippen molar-refractivity contribution in [1.82, 2.24) is 25.5 Å². The maximum Gasteiger partial charge on any atom is 0.332 e. The van der Waals surface area contributed by atoms with E-state index in [1.54, 1.807) is 6.92 Å². The average molecular weight is 486 g/mol. The summed E-state index contributed by atoms with van der Waals surface area (Å²) >= 11 is 0. The minimum absolute atomic E-state index is 0.145. The van der Waals surface area contributed by atoms with E-state index in [-0.39, 0.29) is 11.9 Å². The minimum Gasteiger partial charge on any atom is -0.463 e. The monoisotopic (exact) mass is 485 g/mol. The van der Waals surface area contributed by atoms with Crippen molar-refractivity contribution in [3.8, 4) is 22.5 Å². The smallest absolute Gasteiger partial charge is 0.332 e. The van der Waals surface area contributed by atoms with Gasteiger partial charge in [-0.25, -0.2) is 4.79 Å². The van der Waals surface area contributed by atoms with E-state index in [4.69, 9.17) is 4.74 Å². The molecule has 1 N–H and O–H groups in total. The summed E-state index contributed by atoms with van der Waals surface area (Å²) in [5.41, 5.74) is 4.30. The summed E-state index contributed by atoms with van der Waals surface area (Å²) in [7, 11) is 0. The zero-order valence-corrected chi connectivity index (χ0v) is 20.6. The van der Waals surface area contributed by atoms with Gasteiger partial charge in [0.2, 0.25) is 11.7 Å². The highest BCUT2D eigenvalue weighted by molar-refractivity contribution is 5.91. The molecule has 0 bridgehead atoms. The Balaban J connectivity index is 1.41. The van der Waals surface area contributed by atoms with Gasteiger partial charge in [0.1, 0.15) is 0 Å². The van der Waals surface area contributed by atoms with Gasteiger partial charge in [0.15, 0.2) is 0 Å². The number of allylic oxidation sites excluding steroid dienone is 1. The zero-order valence-electron chi connectivity index (χ0n) is 20.6. The summed E-state index contributed by atoms with van der Waals surface area (Å²) in [4.78, 5) is 27.9. The van der Waals surface area contributed by atoms with Gasteiger partial charge in [-0.1, -0.05) is 74.2 Å². The number of carbonyl (C=O) groups excluding carboxylic acids is 2. The van der Waals surface area contributed by atoms with Crippen molar-refractivity contribution < 1.29 is 14.3 Å². The molecule has 1 spiro atoms. The fourth-order valence-corrected chi connectivity index (χ4v) is 5.53. The van der Waals surface area contributed by atoms with Crippen LogP contribution in [-0.2, 0) is 20.9 Å². The summed E-state index contributed by atoms with van der Waals surface area (Å²) in [6, 6.07) is 16.1. The van der Waals surface area contributed by atoms with E-state index < -0.39 is 5.41 Å². The van der Waals surface area contributed by atoms with Crippen LogP contribution < -0.4 is 0 Å². The number of likely N-dealkylation sites (tertiary alicyclic amines) is 1. The molecule has 2 aliphatic rings. The molecule has 1 aromatic heterocycles. The maximum absolute atomic E-state index is 13.8. The Morgan fingerprint density at radius 2 is 1.78 bits per heavy atom. The van der Waals surface area contributed by atoms with Gasteiger partial charge < -0.3 is 9.64 Å². The number of H-pyrrole nitrogens is 1. The van der Waals surface area contributed by atoms with E-state index in [2.05, 4.69) is 20.6 Å². The van der Waals surface area contributed by atoms with Crippen molar-refractivity contribution in [3.05, 3.63) is 65.9 Å². The lowest BCUT2D eigenvalue weighted by molar-refractivity contribution is -0.137. The highest BCUT2D eigenvalue weighted by Gasteiger charge is 2.48. The van der Waals surface area contributed by atoms with Crippen molar-refractivity contribution in [2.24, 2.45) is 5.41 Å². The molecule has 5 rings (SSSR count). The molecule has 1 amide bonds. The molecule has 2 heterocycles. The zero-order chi connectivity index (χ0) is 25.0. The standard InChI is InChI=1S/C28H31N5O3/c1-2-36-25(34)17-22-18-28(15-7-3-4-8-16-28)27(35)33(22)19-20-11-13-21(14-12-20)23-9-5-6-10-24(23)26-29-31-32-30-26/h5-6,9-14,17H,2-4,7-8,15-16,18-19H2,1H3,(H,29,30,31,32)/b22-17+. The number of benzene rings is 2. The first-order chi connectivity index (χ1) is 17.6. The Morgan fingerprint density at radius 1 is 1.06 bits per heavy atom. The molecule has 0 atom stereocenters. The fraction of sp³-hybridized carbons (Fsp3) is 0.393. The first kappa shape index (κ1) is 23.9. The molecule has 0 radical (unpaired) electrons. The first-order valence-corrected chi connectivity index (χ1v) is 12.7. The van der Waals surface area contributed by atoms with E-state index in [1.807, 2.05) is 53.4 Å². The molecular formula is C28H31N5O3. The van der Waals surface area contributed by atoms with Crippen molar-refractivity contribution in [1.29, 1.82) is 0 Å². The van der Waals surface area contributed by atoms with Gasteiger partial charge in [-0.15, -0.1) is 10.2 Å². The highest BCUT2D eigenvalue weighted by Crippen LogP contribution is 2.48. The molecule has 1 saturated carbocycles. The summed E-state index contributed by atoms with van der Waals surface area (Å²) in [5.74, 6) is 0.302. The van der Waals surface area contributed by atoms with Crippen molar-refractivity contribution >= 4 is 11.9 Å². The van der Waals surface area contributed by atoms with Crippen LogP contribution in [0.5, 0.6) is 0 Å². The third kappa shape index (κ3) is 4.80. The number of nitrogens with zero attached hydrogens (tertiary/aromatic N) is 4. The second-order valence-corrected chi connectivity index (χ2v) is 9.63. The van der Waals surface area contributed by atoms with Gasteiger partial charge in [0, 0.05) is 23.8 Å². The first-order valence-electron chi connectivity index (χ1n) is 12.7. The molecule has 1 aliphatic heterocycles. The number of hydrogen-bond donors (Lipinski definition) is 1. The summed E-state index contributed by atoms with van der Waals surface area (Å²) in [5, 5.41) is 14.4. The van der Waals surface area contributed by atoms with Gasteiger partial charge >= 0.3 is 5.97 Å². The number of nitrogens with one attached hydrogen (secondary N) is 1. The SMILES string of the molecule is CCOC(=O)/C=C1\CC2(CCCCCC2)C(=O)N1Cc1ccc(-c2ccccc2-c2nn[nH]n2)cc1. The predicted octanol–water partition coefficient (Wildman–Crippen LogP) is 5.05. The fourth-order valence-electron chi connectivity index (χ4n) is 5.53. The number of aromatic nitrogens is 4. The van der Waals surface area contributed by atoms with Gasteiger partial charge in [-0.2, -0.15) is 5.21 Å². The van der Waals surface area contributed by atoms with Crippen LogP contribution in [0.3, 0.4) is 0 Å². The molecule has 8 heteroatoms. The third-order valence-electron chi connectivity index (χ3n) is 7.32. The quantitative estimate of drug-likeness (QED) is 0.387. The lowest BCUT2D eigenvalue weighted by atomic mass is 9.78.